The van der Waals surface area contributed by atoms with Crippen molar-refractivity contribution in [2.45, 2.75) is 72.3 Å². The number of Topliss-reactive ketones (excluding diaryl/α,β-unsaturated/α-hetero) is 2. The van der Waals surface area contributed by atoms with E-state index < -0.39 is 5.92 Å². The highest BCUT2D eigenvalue weighted by Gasteiger charge is 2.49. The third-order valence-electron chi connectivity index (χ3n) is 8.38. The van der Waals surface area contributed by atoms with Gasteiger partial charge in [0.05, 0.1) is 0 Å². The molecule has 1 aliphatic heterocycles. The van der Waals surface area contributed by atoms with Crippen LogP contribution in [-0.4, -0.2) is 36.7 Å². The second-order valence-corrected chi connectivity index (χ2v) is 13.9. The van der Waals surface area contributed by atoms with Crippen LogP contribution in [0.25, 0.3) is 0 Å². The number of halogens is 2. The summed E-state index contributed by atoms with van der Waals surface area (Å²) in [7, 11) is 1.70. The van der Waals surface area contributed by atoms with Crippen LogP contribution >= 0.6 is 23.2 Å². The maximum absolute atomic E-state index is 14.1. The second kappa shape index (κ2) is 11.6. The molecule has 218 valence electrons. The molecule has 0 amide bonds. The summed E-state index contributed by atoms with van der Waals surface area (Å²) in [6, 6.07) is 13.1. The van der Waals surface area contributed by atoms with Crippen molar-refractivity contribution < 1.29 is 19.1 Å². The molecule has 2 aromatic carbocycles. The number of carbonyl (C=O) groups is 2. The molecule has 41 heavy (non-hydrogen) atoms. The summed E-state index contributed by atoms with van der Waals surface area (Å²) < 4.78 is 11.8. The Morgan fingerprint density at radius 1 is 0.878 bits per heavy atom. The van der Waals surface area contributed by atoms with Crippen LogP contribution in [0.3, 0.4) is 0 Å². The highest BCUT2D eigenvalue weighted by molar-refractivity contribution is 6.35. The summed E-state index contributed by atoms with van der Waals surface area (Å²) >= 11 is 12.5. The Hall–Kier alpha value is -2.60. The van der Waals surface area contributed by atoms with Gasteiger partial charge in [0.25, 0.3) is 0 Å². The standard InChI is InChI=1S/C34H39Cl2NO4/c1-33(2)16-25-31(27(38)18-33)30(32-26(37(25)13-8-14-40-5)17-34(3,4)19-28(32)39)23-9-6-7-10-29(23)41-20-21-11-12-22(35)15-24(21)36/h6-7,9-12,15,30H,8,13-14,16-20H2,1-5H3. The number of hydrogen-bond acceptors (Lipinski definition) is 5. The number of hydrogen-bond donors (Lipinski definition) is 0. The lowest BCUT2D eigenvalue weighted by Crippen LogP contribution is -2.44. The van der Waals surface area contributed by atoms with E-state index in [4.69, 9.17) is 32.7 Å². The normalized spacial score (nSPS) is 20.3. The van der Waals surface area contributed by atoms with Crippen LogP contribution < -0.4 is 4.74 Å². The number of para-hydroxylation sites is 1. The fourth-order valence-corrected chi connectivity index (χ4v) is 7.10. The molecular weight excluding hydrogens is 557 g/mol. The minimum absolute atomic E-state index is 0.109. The van der Waals surface area contributed by atoms with Crippen molar-refractivity contribution in [2.75, 3.05) is 20.3 Å². The molecule has 0 atom stereocenters. The van der Waals surface area contributed by atoms with E-state index in [1.54, 1.807) is 19.2 Å². The number of methoxy groups -OCH3 is 1. The van der Waals surface area contributed by atoms with Crippen LogP contribution in [0.5, 0.6) is 5.75 Å². The van der Waals surface area contributed by atoms with E-state index in [0.717, 1.165) is 52.9 Å². The molecule has 3 aliphatic rings. The molecule has 0 unspecified atom stereocenters. The Balaban J connectivity index is 1.65. The number of benzene rings is 2. The van der Waals surface area contributed by atoms with E-state index in [-0.39, 0.29) is 29.0 Å². The Kier molecular flexibility index (Phi) is 8.44. The van der Waals surface area contributed by atoms with Crippen molar-refractivity contribution in [1.82, 2.24) is 4.90 Å². The number of ketones is 2. The third-order valence-corrected chi connectivity index (χ3v) is 8.97. The van der Waals surface area contributed by atoms with Crippen LogP contribution in [0.2, 0.25) is 10.0 Å². The third kappa shape index (κ3) is 6.14. The second-order valence-electron chi connectivity index (χ2n) is 13.1. The van der Waals surface area contributed by atoms with Gasteiger partial charge in [0.1, 0.15) is 12.4 Å². The molecule has 0 radical (unpaired) electrons. The summed E-state index contributed by atoms with van der Waals surface area (Å²) in [4.78, 5) is 30.4. The molecule has 2 aromatic rings. The zero-order valence-electron chi connectivity index (χ0n) is 24.6. The van der Waals surface area contributed by atoms with E-state index in [0.29, 0.717) is 41.8 Å². The Labute approximate surface area is 253 Å². The van der Waals surface area contributed by atoms with Crippen molar-refractivity contribution in [3.63, 3.8) is 0 Å². The van der Waals surface area contributed by atoms with Crippen molar-refractivity contribution in [1.29, 1.82) is 0 Å². The molecule has 0 saturated heterocycles. The van der Waals surface area contributed by atoms with Crippen LogP contribution in [0.15, 0.2) is 65.0 Å². The first-order chi connectivity index (χ1) is 19.4. The molecule has 0 bridgehead atoms. The summed E-state index contributed by atoms with van der Waals surface area (Å²) in [5.41, 5.74) is 4.89. The van der Waals surface area contributed by atoms with E-state index in [9.17, 15) is 9.59 Å². The Bertz CT molecular complexity index is 1380. The lowest BCUT2D eigenvalue weighted by Gasteiger charge is -2.49. The van der Waals surface area contributed by atoms with Crippen LogP contribution in [-0.2, 0) is 20.9 Å². The first kappa shape index (κ1) is 29.9. The van der Waals surface area contributed by atoms with Crippen molar-refractivity contribution in [2.24, 2.45) is 10.8 Å². The molecular formula is C34H39Cl2NO4. The van der Waals surface area contributed by atoms with Crippen molar-refractivity contribution >= 4 is 34.8 Å². The van der Waals surface area contributed by atoms with E-state index in [2.05, 4.69) is 32.6 Å². The maximum Gasteiger partial charge on any atom is 0.162 e. The number of rotatable bonds is 8. The van der Waals surface area contributed by atoms with Gasteiger partial charge in [-0.15, -0.1) is 0 Å². The van der Waals surface area contributed by atoms with E-state index >= 15 is 0 Å². The van der Waals surface area contributed by atoms with E-state index in [1.807, 2.05) is 30.3 Å². The Morgan fingerprint density at radius 3 is 2.07 bits per heavy atom. The molecule has 0 spiro atoms. The lowest BCUT2D eigenvalue weighted by atomic mass is 9.63. The van der Waals surface area contributed by atoms with Crippen molar-refractivity contribution in [3.05, 3.63) is 86.2 Å². The SMILES string of the molecule is COCCCN1C2=C(C(=O)CC(C)(C)C2)C(c2ccccc2OCc2ccc(Cl)cc2Cl)C2=C1CC(C)(C)CC2=O. The van der Waals surface area contributed by atoms with Gasteiger partial charge in [0, 0.05) is 82.7 Å². The lowest BCUT2D eigenvalue weighted by molar-refractivity contribution is -0.119. The first-order valence-electron chi connectivity index (χ1n) is 14.4. The number of ether oxygens (including phenoxy) is 2. The van der Waals surface area contributed by atoms with Gasteiger partial charge in [-0.05, 0) is 48.3 Å². The molecule has 5 rings (SSSR count). The molecule has 5 nitrogen and oxygen atoms in total. The van der Waals surface area contributed by atoms with Crippen molar-refractivity contribution in [3.8, 4) is 5.75 Å². The van der Waals surface area contributed by atoms with Gasteiger partial charge in [-0.25, -0.2) is 0 Å². The molecule has 0 fully saturated rings. The average Bonchev–Trinajstić information content (AvgIpc) is 2.87. The molecule has 7 heteroatoms. The van der Waals surface area contributed by atoms with Crippen LogP contribution in [0, 0.1) is 10.8 Å². The zero-order valence-corrected chi connectivity index (χ0v) is 26.1. The smallest absolute Gasteiger partial charge is 0.162 e. The minimum atomic E-state index is -0.470. The van der Waals surface area contributed by atoms with Gasteiger partial charge in [0.15, 0.2) is 11.6 Å². The quantitative estimate of drug-likeness (QED) is 0.287. The van der Waals surface area contributed by atoms with Gasteiger partial charge in [-0.1, -0.05) is 75.2 Å². The predicted octanol–water partition coefficient (Wildman–Crippen LogP) is 8.29. The number of carbonyl (C=O) groups excluding carboxylic acids is 2. The fourth-order valence-electron chi connectivity index (χ4n) is 6.64. The minimum Gasteiger partial charge on any atom is -0.489 e. The van der Waals surface area contributed by atoms with Crippen LogP contribution in [0.1, 0.15) is 76.8 Å². The highest BCUT2D eigenvalue weighted by Crippen LogP contribution is 2.55. The van der Waals surface area contributed by atoms with Gasteiger partial charge in [-0.2, -0.15) is 0 Å². The number of nitrogens with zero attached hydrogens (tertiary/aromatic N) is 1. The fraction of sp³-hybridized carbons (Fsp3) is 0.471. The monoisotopic (exact) mass is 595 g/mol. The van der Waals surface area contributed by atoms with Gasteiger partial charge in [-0.3, -0.25) is 9.59 Å². The molecule has 1 heterocycles. The topological polar surface area (TPSA) is 55.8 Å². The Morgan fingerprint density at radius 2 is 1.49 bits per heavy atom. The molecule has 2 aliphatic carbocycles. The summed E-state index contributed by atoms with van der Waals surface area (Å²) in [6.07, 6.45) is 3.23. The molecule has 0 N–H and O–H groups in total. The van der Waals surface area contributed by atoms with Gasteiger partial charge < -0.3 is 14.4 Å². The summed E-state index contributed by atoms with van der Waals surface area (Å²) in [5, 5.41) is 1.09. The zero-order chi connectivity index (χ0) is 29.5. The summed E-state index contributed by atoms with van der Waals surface area (Å²) in [6.45, 7) is 10.2. The largest absolute Gasteiger partial charge is 0.489 e. The van der Waals surface area contributed by atoms with Gasteiger partial charge >= 0.3 is 0 Å². The highest BCUT2D eigenvalue weighted by atomic mass is 35.5. The molecule has 0 aromatic heterocycles. The number of allylic oxidation sites excluding steroid dienone is 4. The van der Waals surface area contributed by atoms with E-state index in [1.165, 1.54) is 0 Å². The average molecular weight is 597 g/mol. The van der Waals surface area contributed by atoms with Crippen LogP contribution in [0.4, 0.5) is 0 Å². The molecule has 0 saturated carbocycles. The summed E-state index contributed by atoms with van der Waals surface area (Å²) in [5.74, 6) is 0.392. The predicted molar refractivity (Wildman–Crippen MR) is 163 cm³/mol. The van der Waals surface area contributed by atoms with Gasteiger partial charge in [0.2, 0.25) is 0 Å². The first-order valence-corrected chi connectivity index (χ1v) is 15.1. The maximum atomic E-state index is 14.1.